The summed E-state index contributed by atoms with van der Waals surface area (Å²) in [7, 11) is 0. The molecule has 1 amide bonds. The number of nitrogens with one attached hydrogen (secondary N) is 1. The molecule has 5 N–H and O–H groups in total. The van der Waals surface area contributed by atoms with Gasteiger partial charge in [0.25, 0.3) is 0 Å². The number of amides is 1. The van der Waals surface area contributed by atoms with Crippen molar-refractivity contribution in [2.75, 3.05) is 26.2 Å². The van der Waals surface area contributed by atoms with Crippen LogP contribution in [-0.4, -0.2) is 49.1 Å². The molecule has 5 heteroatoms. The zero-order valence-corrected chi connectivity index (χ0v) is 19.1. The van der Waals surface area contributed by atoms with Gasteiger partial charge in [0.15, 0.2) is 0 Å². The Balaban J connectivity index is 1.45. The van der Waals surface area contributed by atoms with Gasteiger partial charge in [0.2, 0.25) is 5.91 Å². The van der Waals surface area contributed by atoms with Crippen LogP contribution >= 0.6 is 0 Å². The van der Waals surface area contributed by atoms with E-state index in [4.69, 9.17) is 11.5 Å². The van der Waals surface area contributed by atoms with Crippen LogP contribution in [0.15, 0.2) is 0 Å². The highest BCUT2D eigenvalue weighted by Gasteiger charge is 2.48. The van der Waals surface area contributed by atoms with Crippen LogP contribution in [0.5, 0.6) is 0 Å². The molecule has 4 rings (SSSR count). The summed E-state index contributed by atoms with van der Waals surface area (Å²) in [5.41, 5.74) is 11.7. The first-order valence-corrected chi connectivity index (χ1v) is 13.1. The first-order chi connectivity index (χ1) is 14.7. The van der Waals surface area contributed by atoms with Crippen molar-refractivity contribution in [1.29, 1.82) is 0 Å². The molecule has 1 saturated heterocycles. The van der Waals surface area contributed by atoms with Gasteiger partial charge in [-0.15, -0.1) is 0 Å². The van der Waals surface area contributed by atoms with Crippen molar-refractivity contribution in [2.45, 2.75) is 95.6 Å². The Morgan fingerprint density at radius 2 is 1.73 bits per heavy atom. The summed E-state index contributed by atoms with van der Waals surface area (Å²) in [6, 6.07) is 0.662. The van der Waals surface area contributed by atoms with Crippen molar-refractivity contribution >= 4 is 5.91 Å². The Morgan fingerprint density at radius 1 is 0.900 bits per heavy atom. The van der Waals surface area contributed by atoms with Gasteiger partial charge in [-0.05, 0) is 94.0 Å². The van der Waals surface area contributed by atoms with E-state index in [1.807, 2.05) is 0 Å². The SMILES string of the molecule is NCCCCNC(=O)C1CC2CCC(CN)CC2N1CC1CCCC2CCCCC21. The summed E-state index contributed by atoms with van der Waals surface area (Å²) in [6.45, 7) is 3.44. The highest BCUT2D eigenvalue weighted by molar-refractivity contribution is 5.82. The molecule has 5 nitrogen and oxygen atoms in total. The Morgan fingerprint density at radius 3 is 2.57 bits per heavy atom. The number of nitrogens with zero attached hydrogens (tertiary/aromatic N) is 1. The fraction of sp³-hybridized carbons (Fsp3) is 0.960. The third kappa shape index (κ3) is 5.05. The molecule has 4 aliphatic rings. The Labute approximate surface area is 184 Å². The second kappa shape index (κ2) is 10.8. The minimum atomic E-state index is 0.0818. The maximum atomic E-state index is 13.2. The minimum Gasteiger partial charge on any atom is -0.355 e. The van der Waals surface area contributed by atoms with E-state index in [1.165, 1.54) is 64.2 Å². The molecule has 7 atom stereocenters. The van der Waals surface area contributed by atoms with Gasteiger partial charge in [-0.2, -0.15) is 0 Å². The van der Waals surface area contributed by atoms with E-state index in [0.717, 1.165) is 56.7 Å². The van der Waals surface area contributed by atoms with Crippen LogP contribution in [0.4, 0.5) is 0 Å². The number of fused-ring (bicyclic) bond motifs is 2. The van der Waals surface area contributed by atoms with Crippen LogP contribution in [0.3, 0.4) is 0 Å². The quantitative estimate of drug-likeness (QED) is 0.528. The minimum absolute atomic E-state index is 0.0818. The lowest BCUT2D eigenvalue weighted by molar-refractivity contribution is -0.126. The van der Waals surface area contributed by atoms with Gasteiger partial charge in [-0.1, -0.05) is 32.1 Å². The van der Waals surface area contributed by atoms with Crippen molar-refractivity contribution in [3.63, 3.8) is 0 Å². The molecule has 0 aromatic carbocycles. The summed E-state index contributed by atoms with van der Waals surface area (Å²) < 4.78 is 0. The van der Waals surface area contributed by atoms with Crippen molar-refractivity contribution in [2.24, 2.45) is 41.1 Å². The average Bonchev–Trinajstić information content (AvgIpc) is 3.14. The number of likely N-dealkylation sites (tertiary alicyclic amines) is 1. The molecular formula is C25H46N4O. The largest absolute Gasteiger partial charge is 0.355 e. The third-order valence-corrected chi connectivity index (χ3v) is 9.15. The van der Waals surface area contributed by atoms with Crippen LogP contribution in [0.2, 0.25) is 0 Å². The van der Waals surface area contributed by atoms with E-state index in [-0.39, 0.29) is 11.9 Å². The molecule has 7 unspecified atom stereocenters. The van der Waals surface area contributed by atoms with Crippen LogP contribution in [-0.2, 0) is 4.79 Å². The van der Waals surface area contributed by atoms with Gasteiger partial charge < -0.3 is 16.8 Å². The van der Waals surface area contributed by atoms with E-state index in [1.54, 1.807) is 0 Å². The maximum Gasteiger partial charge on any atom is 0.237 e. The molecule has 0 spiro atoms. The van der Waals surface area contributed by atoms with Gasteiger partial charge in [0.1, 0.15) is 0 Å². The van der Waals surface area contributed by atoms with E-state index in [2.05, 4.69) is 10.2 Å². The number of nitrogens with two attached hydrogens (primary N) is 2. The number of unbranched alkanes of at least 4 members (excludes halogenated alkanes) is 1. The number of hydrogen-bond donors (Lipinski definition) is 3. The molecule has 3 aliphatic carbocycles. The number of carbonyl (C=O) groups excluding carboxylic acids is 1. The maximum absolute atomic E-state index is 13.2. The summed E-state index contributed by atoms with van der Waals surface area (Å²) >= 11 is 0. The van der Waals surface area contributed by atoms with Crippen molar-refractivity contribution in [1.82, 2.24) is 10.2 Å². The topological polar surface area (TPSA) is 84.4 Å². The van der Waals surface area contributed by atoms with Crippen LogP contribution in [0, 0.1) is 29.6 Å². The van der Waals surface area contributed by atoms with Gasteiger partial charge in [0, 0.05) is 19.1 Å². The van der Waals surface area contributed by atoms with E-state index in [9.17, 15) is 4.79 Å². The predicted octanol–water partition coefficient (Wildman–Crippen LogP) is 3.27. The summed E-state index contributed by atoms with van der Waals surface area (Å²) in [4.78, 5) is 15.9. The van der Waals surface area contributed by atoms with Gasteiger partial charge in [-0.25, -0.2) is 0 Å². The molecular weight excluding hydrogens is 372 g/mol. The lowest BCUT2D eigenvalue weighted by Gasteiger charge is -2.45. The lowest BCUT2D eigenvalue weighted by atomic mass is 9.65. The zero-order chi connectivity index (χ0) is 20.9. The van der Waals surface area contributed by atoms with E-state index >= 15 is 0 Å². The van der Waals surface area contributed by atoms with Gasteiger partial charge in [0.05, 0.1) is 6.04 Å². The summed E-state index contributed by atoms with van der Waals surface area (Å²) in [5, 5.41) is 3.26. The standard InChI is InChI=1S/C25H46N4O/c26-12-3-4-13-28-25(30)24-15-20-11-10-18(16-27)14-23(20)29(24)17-21-8-5-7-19-6-1-2-9-22(19)21/h18-24H,1-17,26-27H2,(H,28,30). The fourth-order valence-corrected chi connectivity index (χ4v) is 7.53. The smallest absolute Gasteiger partial charge is 0.237 e. The van der Waals surface area contributed by atoms with Crippen LogP contribution in [0.25, 0.3) is 0 Å². The highest BCUT2D eigenvalue weighted by Crippen LogP contribution is 2.47. The predicted molar refractivity (Wildman–Crippen MR) is 123 cm³/mol. The molecule has 4 fully saturated rings. The molecule has 30 heavy (non-hydrogen) atoms. The first-order valence-electron chi connectivity index (χ1n) is 13.1. The monoisotopic (exact) mass is 418 g/mol. The molecule has 0 bridgehead atoms. The second-order valence-corrected chi connectivity index (χ2v) is 10.9. The van der Waals surface area contributed by atoms with Gasteiger partial charge in [-0.3, -0.25) is 9.69 Å². The van der Waals surface area contributed by atoms with Crippen LogP contribution in [0.1, 0.15) is 83.5 Å². The fourth-order valence-electron chi connectivity index (χ4n) is 7.53. The van der Waals surface area contributed by atoms with E-state index in [0.29, 0.717) is 24.4 Å². The van der Waals surface area contributed by atoms with Gasteiger partial charge >= 0.3 is 0 Å². The molecule has 172 valence electrons. The van der Waals surface area contributed by atoms with Crippen molar-refractivity contribution in [3.8, 4) is 0 Å². The molecule has 1 aliphatic heterocycles. The Hall–Kier alpha value is -0.650. The van der Waals surface area contributed by atoms with E-state index < -0.39 is 0 Å². The van der Waals surface area contributed by atoms with Crippen molar-refractivity contribution in [3.05, 3.63) is 0 Å². The van der Waals surface area contributed by atoms with Crippen LogP contribution < -0.4 is 16.8 Å². The molecule has 1 heterocycles. The normalized spacial score (nSPS) is 39.3. The number of rotatable bonds is 8. The third-order valence-electron chi connectivity index (χ3n) is 9.15. The Kier molecular flexibility index (Phi) is 8.10. The lowest BCUT2D eigenvalue weighted by Crippen LogP contribution is -2.51. The first kappa shape index (κ1) is 22.5. The summed E-state index contributed by atoms with van der Waals surface area (Å²) in [6.07, 6.45) is 16.7. The Bertz CT molecular complexity index is 553. The zero-order valence-electron chi connectivity index (χ0n) is 19.1. The highest BCUT2D eigenvalue weighted by atomic mass is 16.2. The number of hydrogen-bond acceptors (Lipinski definition) is 4. The molecule has 0 aromatic heterocycles. The molecule has 0 radical (unpaired) electrons. The molecule has 0 aromatic rings. The second-order valence-electron chi connectivity index (χ2n) is 10.9. The summed E-state index contributed by atoms with van der Waals surface area (Å²) in [5.74, 6) is 4.29. The van der Waals surface area contributed by atoms with Crippen molar-refractivity contribution < 1.29 is 4.79 Å². The molecule has 3 saturated carbocycles. The average molecular weight is 419 g/mol. The number of carbonyl (C=O) groups is 1.